The van der Waals surface area contributed by atoms with Gasteiger partial charge in [-0.1, -0.05) is 60.7 Å². The summed E-state index contributed by atoms with van der Waals surface area (Å²) in [5.41, 5.74) is 2.72. The van der Waals surface area contributed by atoms with Crippen LogP contribution < -0.4 is 10.8 Å². The fraction of sp³-hybridized carbons (Fsp3) is 0.259. The van der Waals surface area contributed by atoms with Gasteiger partial charge in [-0.15, -0.1) is 0 Å². The standard InChI is InChI=1S/C27H28BNO2/c1-26(2)27(3,4)31-28(30-26)21-12-9-13-22(17-21)29-18-25-23-14-7-5-10-19(23)16-20-11-6-8-15-24(20)25/h5-17,29H,18H2,1-4H3. The van der Waals surface area contributed by atoms with Crippen LogP contribution in [-0.4, -0.2) is 18.3 Å². The average molecular weight is 409 g/mol. The average Bonchev–Trinajstić information content (AvgIpc) is 2.98. The second-order valence-electron chi connectivity index (χ2n) is 9.36. The number of benzene rings is 4. The van der Waals surface area contributed by atoms with Crippen LogP contribution in [0.15, 0.2) is 78.9 Å². The smallest absolute Gasteiger partial charge is 0.399 e. The highest BCUT2D eigenvalue weighted by molar-refractivity contribution is 6.62. The number of hydrogen-bond donors (Lipinski definition) is 1. The fourth-order valence-electron chi connectivity index (χ4n) is 4.26. The third kappa shape index (κ3) is 3.60. The Hall–Kier alpha value is -2.82. The molecule has 4 aromatic rings. The van der Waals surface area contributed by atoms with Crippen LogP contribution in [0.3, 0.4) is 0 Å². The van der Waals surface area contributed by atoms with E-state index < -0.39 is 0 Å². The van der Waals surface area contributed by atoms with Gasteiger partial charge in [0.15, 0.2) is 0 Å². The van der Waals surface area contributed by atoms with Crippen molar-refractivity contribution in [3.63, 3.8) is 0 Å². The van der Waals surface area contributed by atoms with Gasteiger partial charge >= 0.3 is 7.12 Å². The Kier molecular flexibility index (Phi) is 4.80. The zero-order valence-electron chi connectivity index (χ0n) is 18.6. The van der Waals surface area contributed by atoms with E-state index in [2.05, 4.69) is 112 Å². The van der Waals surface area contributed by atoms with Crippen LogP contribution in [0.4, 0.5) is 5.69 Å². The summed E-state index contributed by atoms with van der Waals surface area (Å²) in [7, 11) is -0.356. The highest BCUT2D eigenvalue weighted by Gasteiger charge is 2.51. The molecule has 1 heterocycles. The van der Waals surface area contributed by atoms with Crippen LogP contribution in [0.2, 0.25) is 0 Å². The summed E-state index contributed by atoms with van der Waals surface area (Å²) in [6.45, 7) is 9.08. The molecule has 0 unspecified atom stereocenters. The van der Waals surface area contributed by atoms with Crippen molar-refractivity contribution in [3.8, 4) is 0 Å². The molecular formula is C27H28BNO2. The summed E-state index contributed by atoms with van der Waals surface area (Å²) in [6.07, 6.45) is 0. The molecule has 1 N–H and O–H groups in total. The van der Waals surface area contributed by atoms with Gasteiger partial charge in [0.1, 0.15) is 0 Å². The van der Waals surface area contributed by atoms with E-state index in [0.717, 1.165) is 17.7 Å². The second-order valence-corrected chi connectivity index (χ2v) is 9.36. The van der Waals surface area contributed by atoms with Crippen LogP contribution >= 0.6 is 0 Å². The molecule has 4 heteroatoms. The van der Waals surface area contributed by atoms with Crippen molar-refractivity contribution in [2.75, 3.05) is 5.32 Å². The monoisotopic (exact) mass is 409 g/mol. The normalized spacial score (nSPS) is 17.4. The summed E-state index contributed by atoms with van der Waals surface area (Å²) < 4.78 is 12.5. The van der Waals surface area contributed by atoms with Crippen molar-refractivity contribution in [1.29, 1.82) is 0 Å². The number of hydrogen-bond acceptors (Lipinski definition) is 3. The highest BCUT2D eigenvalue weighted by Crippen LogP contribution is 2.36. The molecule has 0 saturated carbocycles. The van der Waals surface area contributed by atoms with Gasteiger partial charge in [-0.25, -0.2) is 0 Å². The molecule has 0 bridgehead atoms. The molecule has 1 aliphatic rings. The van der Waals surface area contributed by atoms with Crippen molar-refractivity contribution in [3.05, 3.63) is 84.4 Å². The lowest BCUT2D eigenvalue weighted by Crippen LogP contribution is -2.41. The molecule has 1 aliphatic heterocycles. The summed E-state index contributed by atoms with van der Waals surface area (Å²) in [6, 6.07) is 27.8. The van der Waals surface area contributed by atoms with Crippen LogP contribution in [0.25, 0.3) is 21.5 Å². The van der Waals surface area contributed by atoms with E-state index in [0.29, 0.717) is 0 Å². The molecule has 0 aliphatic carbocycles. The molecule has 0 aromatic heterocycles. The van der Waals surface area contributed by atoms with Crippen LogP contribution in [0.1, 0.15) is 33.3 Å². The van der Waals surface area contributed by atoms with Crippen molar-refractivity contribution < 1.29 is 9.31 Å². The Bertz CT molecular complexity index is 1190. The molecule has 4 aromatic carbocycles. The largest absolute Gasteiger partial charge is 0.494 e. The summed E-state index contributed by atoms with van der Waals surface area (Å²) in [4.78, 5) is 0. The van der Waals surface area contributed by atoms with Gasteiger partial charge < -0.3 is 14.6 Å². The first-order valence-corrected chi connectivity index (χ1v) is 10.9. The van der Waals surface area contributed by atoms with E-state index in [1.165, 1.54) is 27.1 Å². The van der Waals surface area contributed by atoms with E-state index in [1.54, 1.807) is 0 Å². The van der Waals surface area contributed by atoms with E-state index >= 15 is 0 Å². The molecule has 1 saturated heterocycles. The van der Waals surface area contributed by atoms with Crippen LogP contribution in [0.5, 0.6) is 0 Å². The van der Waals surface area contributed by atoms with Gasteiger partial charge in [0.25, 0.3) is 0 Å². The minimum Gasteiger partial charge on any atom is -0.399 e. The first-order valence-electron chi connectivity index (χ1n) is 10.9. The fourth-order valence-corrected chi connectivity index (χ4v) is 4.26. The summed E-state index contributed by atoms with van der Waals surface area (Å²) in [5, 5.41) is 8.75. The van der Waals surface area contributed by atoms with Crippen LogP contribution in [0, 0.1) is 0 Å². The van der Waals surface area contributed by atoms with Crippen LogP contribution in [-0.2, 0) is 15.9 Å². The quantitative estimate of drug-likeness (QED) is 0.336. The number of nitrogens with one attached hydrogen (secondary N) is 1. The van der Waals surface area contributed by atoms with Gasteiger partial charge in [0.2, 0.25) is 0 Å². The molecule has 0 amide bonds. The predicted molar refractivity (Wildman–Crippen MR) is 131 cm³/mol. The van der Waals surface area contributed by atoms with Gasteiger partial charge in [0, 0.05) is 12.2 Å². The van der Waals surface area contributed by atoms with Gasteiger partial charge in [-0.2, -0.15) is 0 Å². The maximum atomic E-state index is 6.23. The van der Waals surface area contributed by atoms with Gasteiger partial charge in [-0.3, -0.25) is 0 Å². The van der Waals surface area contributed by atoms with E-state index in [1.807, 2.05) is 0 Å². The Morgan fingerprint density at radius 3 is 1.90 bits per heavy atom. The lowest BCUT2D eigenvalue weighted by Gasteiger charge is -2.32. The van der Waals surface area contributed by atoms with E-state index in [-0.39, 0.29) is 18.3 Å². The van der Waals surface area contributed by atoms with E-state index in [4.69, 9.17) is 9.31 Å². The number of fused-ring (bicyclic) bond motifs is 2. The predicted octanol–water partition coefficient (Wildman–Crippen LogP) is 5.90. The second kappa shape index (κ2) is 7.40. The molecule has 5 rings (SSSR count). The number of rotatable bonds is 4. The maximum Gasteiger partial charge on any atom is 0.494 e. The third-order valence-electron chi connectivity index (χ3n) is 6.76. The number of anilines is 1. The summed E-state index contributed by atoms with van der Waals surface area (Å²) >= 11 is 0. The molecule has 31 heavy (non-hydrogen) atoms. The molecular weight excluding hydrogens is 381 g/mol. The zero-order valence-corrected chi connectivity index (χ0v) is 18.6. The molecule has 0 spiro atoms. The van der Waals surface area contributed by atoms with Gasteiger partial charge in [0.05, 0.1) is 11.2 Å². The van der Waals surface area contributed by atoms with Crippen molar-refractivity contribution in [2.45, 2.75) is 45.4 Å². The molecule has 1 fully saturated rings. The first-order chi connectivity index (χ1) is 14.8. The first kappa shape index (κ1) is 20.1. The van der Waals surface area contributed by atoms with Crippen molar-refractivity contribution in [2.24, 2.45) is 0 Å². The summed E-state index contributed by atoms with van der Waals surface area (Å²) in [5.74, 6) is 0. The van der Waals surface area contributed by atoms with Crippen molar-refractivity contribution in [1.82, 2.24) is 0 Å². The topological polar surface area (TPSA) is 30.5 Å². The molecule has 0 radical (unpaired) electrons. The van der Waals surface area contributed by atoms with E-state index in [9.17, 15) is 0 Å². The Balaban J connectivity index is 1.45. The SMILES string of the molecule is CC1(C)OB(c2cccc(NCc3c4ccccc4cc4ccccc34)c2)OC1(C)C. The Labute approximate surface area is 184 Å². The highest BCUT2D eigenvalue weighted by atomic mass is 16.7. The van der Waals surface area contributed by atoms with Crippen molar-refractivity contribution >= 4 is 39.8 Å². The zero-order chi connectivity index (χ0) is 21.6. The lowest BCUT2D eigenvalue weighted by atomic mass is 9.79. The lowest BCUT2D eigenvalue weighted by molar-refractivity contribution is 0.00578. The Morgan fingerprint density at radius 1 is 0.710 bits per heavy atom. The Morgan fingerprint density at radius 2 is 1.29 bits per heavy atom. The maximum absolute atomic E-state index is 6.23. The molecule has 0 atom stereocenters. The molecule has 3 nitrogen and oxygen atoms in total. The third-order valence-corrected chi connectivity index (χ3v) is 6.76. The minimum atomic E-state index is -0.356. The minimum absolute atomic E-state index is 0.344. The van der Waals surface area contributed by atoms with Gasteiger partial charge in [-0.05, 0) is 78.5 Å². The molecule has 156 valence electrons.